The van der Waals surface area contributed by atoms with Crippen molar-refractivity contribution in [3.05, 3.63) is 44.7 Å². The number of carbonyl (C=O) groups is 1. The molecule has 0 aliphatic carbocycles. The zero-order chi connectivity index (χ0) is 15.7. The quantitative estimate of drug-likeness (QED) is 0.939. The van der Waals surface area contributed by atoms with Crippen molar-refractivity contribution in [3.63, 3.8) is 0 Å². The Bertz CT molecular complexity index is 762. The fourth-order valence-electron chi connectivity index (χ4n) is 2.74. The first-order chi connectivity index (χ1) is 9.82. The highest BCUT2D eigenvalue weighted by atomic mass is 35.5. The van der Waals surface area contributed by atoms with Crippen LogP contribution in [0.2, 0.25) is 5.02 Å². The maximum Gasteiger partial charge on any atom is 0.303 e. The molecule has 0 spiro atoms. The molecule has 5 heteroatoms. The van der Waals surface area contributed by atoms with Gasteiger partial charge in [0.2, 0.25) is 0 Å². The maximum atomic E-state index is 12.6. The first kappa shape index (κ1) is 15.6. The summed E-state index contributed by atoms with van der Waals surface area (Å²) in [4.78, 5) is 23.4. The fourth-order valence-corrected chi connectivity index (χ4v) is 2.92. The molecule has 0 saturated carbocycles. The second-order valence-corrected chi connectivity index (χ2v) is 5.85. The minimum Gasteiger partial charge on any atom is -0.481 e. The summed E-state index contributed by atoms with van der Waals surface area (Å²) in [7, 11) is 0. The van der Waals surface area contributed by atoms with Crippen LogP contribution in [0.25, 0.3) is 10.9 Å². The van der Waals surface area contributed by atoms with Crippen LogP contribution in [0.1, 0.15) is 37.6 Å². The van der Waals surface area contributed by atoms with Gasteiger partial charge in [0.05, 0.1) is 5.52 Å². The Labute approximate surface area is 128 Å². The molecule has 0 aliphatic heterocycles. The summed E-state index contributed by atoms with van der Waals surface area (Å²) in [5.74, 6) is -0.906. The first-order valence-electron chi connectivity index (χ1n) is 6.88. The molecule has 4 nitrogen and oxygen atoms in total. The molecule has 0 radical (unpaired) electrons. The zero-order valence-corrected chi connectivity index (χ0v) is 13.1. The van der Waals surface area contributed by atoms with E-state index < -0.39 is 5.97 Å². The van der Waals surface area contributed by atoms with Crippen molar-refractivity contribution in [3.8, 4) is 0 Å². The van der Waals surface area contributed by atoms with Gasteiger partial charge in [-0.25, -0.2) is 0 Å². The number of aromatic nitrogens is 1. The average molecular weight is 308 g/mol. The molecule has 0 unspecified atom stereocenters. The van der Waals surface area contributed by atoms with E-state index in [-0.39, 0.29) is 24.3 Å². The van der Waals surface area contributed by atoms with Gasteiger partial charge in [-0.05, 0) is 45.4 Å². The molecular formula is C16H18ClNO3. The van der Waals surface area contributed by atoms with Crippen LogP contribution in [-0.2, 0) is 11.2 Å². The standard InChI is InChI=1S/C16H18ClNO3/c1-9(2)18-10(3)12(5-7-15(19)20)16(21)13-8-11(17)4-6-14(13)18/h4,6,8-9H,5,7H2,1-3H3,(H,19,20). The van der Waals surface area contributed by atoms with E-state index in [1.807, 2.05) is 26.8 Å². The van der Waals surface area contributed by atoms with Gasteiger partial charge in [-0.2, -0.15) is 0 Å². The zero-order valence-electron chi connectivity index (χ0n) is 12.3. The molecule has 0 amide bonds. The highest BCUT2D eigenvalue weighted by Crippen LogP contribution is 2.24. The molecular weight excluding hydrogens is 290 g/mol. The van der Waals surface area contributed by atoms with E-state index in [9.17, 15) is 9.59 Å². The molecule has 112 valence electrons. The van der Waals surface area contributed by atoms with E-state index >= 15 is 0 Å². The summed E-state index contributed by atoms with van der Waals surface area (Å²) < 4.78 is 2.06. The van der Waals surface area contributed by atoms with Gasteiger partial charge < -0.3 is 9.67 Å². The Kier molecular flexibility index (Phi) is 4.37. The molecule has 21 heavy (non-hydrogen) atoms. The van der Waals surface area contributed by atoms with E-state index in [0.29, 0.717) is 16.0 Å². The van der Waals surface area contributed by atoms with Gasteiger partial charge in [-0.3, -0.25) is 9.59 Å². The summed E-state index contributed by atoms with van der Waals surface area (Å²) >= 11 is 6.00. The number of rotatable bonds is 4. The van der Waals surface area contributed by atoms with Crippen LogP contribution >= 0.6 is 11.6 Å². The number of carboxylic acid groups (broad SMARTS) is 1. The van der Waals surface area contributed by atoms with Crippen LogP contribution in [0.4, 0.5) is 0 Å². The molecule has 2 aromatic rings. The van der Waals surface area contributed by atoms with Crippen molar-refractivity contribution in [1.29, 1.82) is 0 Å². The average Bonchev–Trinajstić information content (AvgIpc) is 2.38. The van der Waals surface area contributed by atoms with Gasteiger partial charge in [0.1, 0.15) is 0 Å². The van der Waals surface area contributed by atoms with E-state index in [4.69, 9.17) is 16.7 Å². The highest BCUT2D eigenvalue weighted by Gasteiger charge is 2.16. The molecule has 1 heterocycles. The molecule has 0 saturated heterocycles. The predicted molar refractivity (Wildman–Crippen MR) is 84.3 cm³/mol. The topological polar surface area (TPSA) is 59.3 Å². The SMILES string of the molecule is Cc1c(CCC(=O)O)c(=O)c2cc(Cl)ccc2n1C(C)C. The van der Waals surface area contributed by atoms with Crippen LogP contribution in [-0.4, -0.2) is 15.6 Å². The Hall–Kier alpha value is -1.81. The van der Waals surface area contributed by atoms with Gasteiger partial charge in [-0.1, -0.05) is 11.6 Å². The molecule has 0 aliphatic rings. The van der Waals surface area contributed by atoms with Gasteiger partial charge in [0.15, 0.2) is 5.43 Å². The maximum absolute atomic E-state index is 12.6. The number of halogens is 1. The fraction of sp³-hybridized carbons (Fsp3) is 0.375. The van der Waals surface area contributed by atoms with Crippen LogP contribution in [0.3, 0.4) is 0 Å². The second-order valence-electron chi connectivity index (χ2n) is 5.41. The number of carboxylic acids is 1. The Morgan fingerprint density at radius 1 is 1.38 bits per heavy atom. The first-order valence-corrected chi connectivity index (χ1v) is 7.25. The van der Waals surface area contributed by atoms with Gasteiger partial charge in [0.25, 0.3) is 0 Å². The minimum absolute atomic E-state index is 0.0553. The molecule has 0 fully saturated rings. The number of pyridine rings is 1. The molecule has 0 bridgehead atoms. The summed E-state index contributed by atoms with van der Waals surface area (Å²) in [6, 6.07) is 5.42. The lowest BCUT2D eigenvalue weighted by atomic mass is 10.0. The van der Waals surface area contributed by atoms with Gasteiger partial charge in [-0.15, -0.1) is 0 Å². The van der Waals surface area contributed by atoms with E-state index in [2.05, 4.69) is 4.57 Å². The van der Waals surface area contributed by atoms with E-state index in [1.54, 1.807) is 12.1 Å². The summed E-state index contributed by atoms with van der Waals surface area (Å²) in [5.41, 5.74) is 2.09. The third kappa shape index (κ3) is 2.95. The number of nitrogens with zero attached hydrogens (tertiary/aromatic N) is 1. The Balaban J connectivity index is 2.79. The highest BCUT2D eigenvalue weighted by molar-refractivity contribution is 6.31. The lowest BCUT2D eigenvalue weighted by molar-refractivity contribution is -0.136. The van der Waals surface area contributed by atoms with Crippen molar-refractivity contribution in [2.45, 2.75) is 39.7 Å². The van der Waals surface area contributed by atoms with Crippen LogP contribution in [0.15, 0.2) is 23.0 Å². The third-order valence-electron chi connectivity index (χ3n) is 3.64. The van der Waals surface area contributed by atoms with Crippen molar-refractivity contribution in [1.82, 2.24) is 4.57 Å². The normalized spacial score (nSPS) is 11.3. The number of fused-ring (bicyclic) bond motifs is 1. The molecule has 1 aromatic carbocycles. The van der Waals surface area contributed by atoms with Crippen molar-refractivity contribution in [2.24, 2.45) is 0 Å². The molecule has 1 N–H and O–H groups in total. The monoisotopic (exact) mass is 307 g/mol. The number of hydrogen-bond donors (Lipinski definition) is 1. The van der Waals surface area contributed by atoms with Crippen molar-refractivity contribution < 1.29 is 9.90 Å². The lowest BCUT2D eigenvalue weighted by Gasteiger charge is -2.21. The largest absolute Gasteiger partial charge is 0.481 e. The second kappa shape index (κ2) is 5.90. The Morgan fingerprint density at radius 3 is 2.62 bits per heavy atom. The van der Waals surface area contributed by atoms with Gasteiger partial charge >= 0.3 is 5.97 Å². The third-order valence-corrected chi connectivity index (χ3v) is 3.88. The van der Waals surface area contributed by atoms with E-state index in [1.165, 1.54) is 0 Å². The summed E-state index contributed by atoms with van der Waals surface area (Å²) in [5, 5.41) is 9.91. The summed E-state index contributed by atoms with van der Waals surface area (Å²) in [6.45, 7) is 5.94. The van der Waals surface area contributed by atoms with Crippen molar-refractivity contribution >= 4 is 28.5 Å². The number of benzene rings is 1. The van der Waals surface area contributed by atoms with Crippen LogP contribution < -0.4 is 5.43 Å². The minimum atomic E-state index is -0.906. The smallest absolute Gasteiger partial charge is 0.303 e. The molecule has 2 rings (SSSR count). The van der Waals surface area contributed by atoms with Crippen molar-refractivity contribution in [2.75, 3.05) is 0 Å². The Morgan fingerprint density at radius 2 is 2.05 bits per heavy atom. The number of aliphatic carboxylic acids is 1. The lowest BCUT2D eigenvalue weighted by Crippen LogP contribution is -2.21. The van der Waals surface area contributed by atoms with Crippen LogP contribution in [0, 0.1) is 6.92 Å². The van der Waals surface area contributed by atoms with Gasteiger partial charge in [0, 0.05) is 34.1 Å². The molecule has 1 aromatic heterocycles. The summed E-state index contributed by atoms with van der Waals surface area (Å²) in [6.07, 6.45) is 0.176. The molecule has 0 atom stereocenters. The van der Waals surface area contributed by atoms with E-state index in [0.717, 1.165) is 11.2 Å². The van der Waals surface area contributed by atoms with Crippen LogP contribution in [0.5, 0.6) is 0 Å². The predicted octanol–water partition coefficient (Wildman–Crippen LogP) is 3.56. The number of hydrogen-bond acceptors (Lipinski definition) is 2.